The predicted octanol–water partition coefficient (Wildman–Crippen LogP) is 7.64. The topological polar surface area (TPSA) is 16.4 Å². The van der Waals surface area contributed by atoms with E-state index in [1.807, 2.05) is 0 Å². The summed E-state index contributed by atoms with van der Waals surface area (Å²) in [5, 5.41) is 14.0. The molecule has 0 atom stereocenters. The molecule has 0 radical (unpaired) electrons. The lowest BCUT2D eigenvalue weighted by molar-refractivity contribution is 0.996. The summed E-state index contributed by atoms with van der Waals surface area (Å²) in [6, 6.07) is 31.6. The van der Waals surface area contributed by atoms with Crippen molar-refractivity contribution in [2.24, 2.45) is 0 Å². The third-order valence-electron chi connectivity index (χ3n) is 7.24. The molecule has 1 N–H and O–H groups in total. The second-order valence-electron chi connectivity index (χ2n) is 9.08. The van der Waals surface area contributed by atoms with Gasteiger partial charge in [-0.3, -0.25) is 0 Å². The van der Waals surface area contributed by atoms with Crippen LogP contribution < -0.4 is 5.32 Å². The number of allylic oxidation sites excluding steroid dienone is 2. The molecule has 2 heteroatoms. The van der Waals surface area contributed by atoms with Gasteiger partial charge in [-0.25, -0.2) is 0 Å². The summed E-state index contributed by atoms with van der Waals surface area (Å²) in [4.78, 5) is 0. The lowest BCUT2D eigenvalue weighted by Crippen LogP contribution is -2.14. The van der Waals surface area contributed by atoms with Gasteiger partial charge in [0, 0.05) is 33.8 Å². The number of fused-ring (bicyclic) bond motifs is 8. The lowest BCUT2D eigenvalue weighted by Gasteiger charge is -2.13. The van der Waals surface area contributed by atoms with Gasteiger partial charge >= 0.3 is 0 Å². The van der Waals surface area contributed by atoms with E-state index in [9.17, 15) is 0 Å². The van der Waals surface area contributed by atoms with Crippen molar-refractivity contribution in [2.45, 2.75) is 0 Å². The maximum absolute atomic E-state index is 3.56. The highest BCUT2D eigenvalue weighted by Gasteiger charge is 2.20. The normalized spacial score (nSPS) is 14.2. The van der Waals surface area contributed by atoms with Crippen molar-refractivity contribution in [3.8, 4) is 0 Å². The summed E-state index contributed by atoms with van der Waals surface area (Å²) < 4.78 is 2.49. The van der Waals surface area contributed by atoms with Gasteiger partial charge in [-0.1, -0.05) is 60.7 Å². The zero-order valence-electron chi connectivity index (χ0n) is 18.0. The molecule has 1 aliphatic heterocycles. The molecule has 3 heterocycles. The highest BCUT2D eigenvalue weighted by Crippen LogP contribution is 2.42. The molecule has 0 saturated carbocycles. The number of hydrogen-bond acceptors (Lipinski definition) is 1. The van der Waals surface area contributed by atoms with Gasteiger partial charge in [-0.2, -0.15) is 0 Å². The molecule has 0 unspecified atom stereocenters. The Morgan fingerprint density at radius 1 is 0.606 bits per heavy atom. The Labute approximate surface area is 190 Å². The van der Waals surface area contributed by atoms with Crippen LogP contribution in [0.3, 0.4) is 0 Å². The molecule has 0 fully saturated rings. The van der Waals surface area contributed by atoms with E-state index in [0.717, 1.165) is 6.54 Å². The van der Waals surface area contributed by atoms with Gasteiger partial charge in [0.2, 0.25) is 0 Å². The number of dihydropyridines is 1. The van der Waals surface area contributed by atoms with Crippen LogP contribution in [0, 0.1) is 0 Å². The van der Waals surface area contributed by atoms with Gasteiger partial charge in [-0.15, -0.1) is 0 Å². The van der Waals surface area contributed by atoms with Crippen LogP contribution in [-0.4, -0.2) is 10.9 Å². The number of nitrogens with one attached hydrogen (secondary N) is 1. The SMILES string of the molecule is C1=CCNC(c2cc3c4cc5ccccc5cc4n4c5cc6ccccc6cc5c(c2)c34)=C1. The standard InChI is InChI=1S/C31H20N2/c1-3-9-21-17-29-24(13-19(21)7-1)26-15-23(28-11-5-6-12-32-28)16-27-25-14-20-8-2-4-10-22(20)18-30(25)33(29)31(26)27/h1-11,13-18,32H,12H2. The van der Waals surface area contributed by atoms with Crippen molar-refractivity contribution >= 4 is 65.3 Å². The van der Waals surface area contributed by atoms with Crippen LogP contribution >= 0.6 is 0 Å². The summed E-state index contributed by atoms with van der Waals surface area (Å²) in [5.74, 6) is 0. The number of hydrogen-bond donors (Lipinski definition) is 1. The summed E-state index contributed by atoms with van der Waals surface area (Å²) in [7, 11) is 0. The highest BCUT2D eigenvalue weighted by molar-refractivity contribution is 6.26. The Morgan fingerprint density at radius 3 is 1.67 bits per heavy atom. The van der Waals surface area contributed by atoms with Gasteiger partial charge in [0.1, 0.15) is 0 Å². The third-order valence-corrected chi connectivity index (χ3v) is 7.24. The molecule has 0 saturated heterocycles. The number of nitrogens with zero attached hydrogens (tertiary/aromatic N) is 1. The van der Waals surface area contributed by atoms with Crippen LogP contribution in [0.1, 0.15) is 5.56 Å². The van der Waals surface area contributed by atoms with Crippen LogP contribution in [0.15, 0.2) is 103 Å². The lowest BCUT2D eigenvalue weighted by atomic mass is 9.99. The fourth-order valence-electron chi connectivity index (χ4n) is 5.73. The first-order valence-corrected chi connectivity index (χ1v) is 11.5. The van der Waals surface area contributed by atoms with Crippen molar-refractivity contribution in [3.05, 3.63) is 109 Å². The average molecular weight is 421 g/mol. The van der Waals surface area contributed by atoms with E-state index < -0.39 is 0 Å². The molecule has 33 heavy (non-hydrogen) atoms. The van der Waals surface area contributed by atoms with Crippen molar-refractivity contribution < 1.29 is 0 Å². The van der Waals surface area contributed by atoms with Crippen molar-refractivity contribution in [1.29, 1.82) is 0 Å². The maximum atomic E-state index is 3.56. The maximum Gasteiger partial charge on any atom is 0.0620 e. The third kappa shape index (κ3) is 2.27. The summed E-state index contributed by atoms with van der Waals surface area (Å²) in [6.07, 6.45) is 6.48. The molecular weight excluding hydrogens is 400 g/mol. The van der Waals surface area contributed by atoms with Crippen LogP contribution in [0.25, 0.3) is 65.3 Å². The zero-order valence-corrected chi connectivity index (χ0v) is 18.0. The van der Waals surface area contributed by atoms with Crippen LogP contribution in [-0.2, 0) is 0 Å². The monoisotopic (exact) mass is 420 g/mol. The molecule has 0 amide bonds. The summed E-state index contributed by atoms with van der Waals surface area (Å²) in [6.45, 7) is 0.868. The van der Waals surface area contributed by atoms with Gasteiger partial charge < -0.3 is 9.72 Å². The minimum Gasteiger partial charge on any atom is -0.381 e. The average Bonchev–Trinajstić information content (AvgIpc) is 3.37. The molecule has 8 rings (SSSR count). The molecule has 0 bridgehead atoms. The number of rotatable bonds is 1. The molecule has 2 aromatic heterocycles. The Kier molecular flexibility index (Phi) is 3.22. The fraction of sp³-hybridized carbons (Fsp3) is 0.0323. The smallest absolute Gasteiger partial charge is 0.0620 e. The first-order chi connectivity index (χ1) is 16.3. The highest BCUT2D eigenvalue weighted by atomic mass is 14.9. The van der Waals surface area contributed by atoms with Gasteiger partial charge in [0.15, 0.2) is 0 Å². The number of aromatic nitrogens is 1. The second-order valence-corrected chi connectivity index (χ2v) is 9.08. The molecule has 1 aliphatic rings. The van der Waals surface area contributed by atoms with Gasteiger partial charge in [0.05, 0.1) is 16.6 Å². The Hall–Kier alpha value is -4.30. The van der Waals surface area contributed by atoms with E-state index in [0.29, 0.717) is 0 Å². The molecule has 0 aliphatic carbocycles. The molecule has 2 nitrogen and oxygen atoms in total. The quantitative estimate of drug-likeness (QED) is 0.289. The molecule has 0 spiro atoms. The van der Waals surface area contributed by atoms with E-state index in [2.05, 4.69) is 113 Å². The number of benzene rings is 5. The summed E-state index contributed by atoms with van der Waals surface area (Å²) in [5.41, 5.74) is 6.31. The minimum atomic E-state index is 0.868. The molecule has 5 aromatic carbocycles. The minimum absolute atomic E-state index is 0.868. The van der Waals surface area contributed by atoms with Gasteiger partial charge in [-0.05, 0) is 69.6 Å². The summed E-state index contributed by atoms with van der Waals surface area (Å²) >= 11 is 0. The first-order valence-electron chi connectivity index (χ1n) is 11.5. The van der Waals surface area contributed by atoms with Crippen molar-refractivity contribution in [2.75, 3.05) is 6.54 Å². The zero-order chi connectivity index (χ0) is 21.5. The Morgan fingerprint density at radius 2 is 1.15 bits per heavy atom. The molecule has 7 aromatic rings. The van der Waals surface area contributed by atoms with Crippen molar-refractivity contribution in [3.63, 3.8) is 0 Å². The molecule has 154 valence electrons. The fourth-order valence-corrected chi connectivity index (χ4v) is 5.73. The van der Waals surface area contributed by atoms with E-state index in [-0.39, 0.29) is 0 Å². The van der Waals surface area contributed by atoms with E-state index >= 15 is 0 Å². The van der Waals surface area contributed by atoms with Gasteiger partial charge in [0.25, 0.3) is 0 Å². The van der Waals surface area contributed by atoms with Crippen molar-refractivity contribution in [1.82, 2.24) is 9.72 Å². The predicted molar refractivity (Wildman–Crippen MR) is 141 cm³/mol. The van der Waals surface area contributed by atoms with E-state index in [4.69, 9.17) is 0 Å². The first kappa shape index (κ1) is 17.3. The molecular formula is C31H20N2. The van der Waals surface area contributed by atoms with Crippen LogP contribution in [0.2, 0.25) is 0 Å². The second kappa shape index (κ2) is 6.14. The van der Waals surface area contributed by atoms with Crippen LogP contribution in [0.5, 0.6) is 0 Å². The van der Waals surface area contributed by atoms with E-state index in [1.54, 1.807) is 0 Å². The van der Waals surface area contributed by atoms with Crippen LogP contribution in [0.4, 0.5) is 0 Å². The largest absolute Gasteiger partial charge is 0.381 e. The Balaban J connectivity index is 1.64. The van der Waals surface area contributed by atoms with E-state index in [1.165, 1.54) is 70.9 Å². The Bertz CT molecular complexity index is 1840.